The van der Waals surface area contributed by atoms with Crippen LogP contribution in [-0.4, -0.2) is 0 Å². The Labute approximate surface area is 83.5 Å². The van der Waals surface area contributed by atoms with Crippen molar-refractivity contribution in [1.29, 1.82) is 0 Å². The number of benzene rings is 1. The van der Waals surface area contributed by atoms with Crippen molar-refractivity contribution in [2.45, 2.75) is 0 Å². The van der Waals surface area contributed by atoms with Gasteiger partial charge in [0.05, 0.1) is 0 Å². The van der Waals surface area contributed by atoms with E-state index < -0.39 is 0 Å². The average Bonchev–Trinajstić information content (AvgIpc) is 2.64. The molecule has 0 amide bonds. The molecule has 0 bridgehead atoms. The van der Waals surface area contributed by atoms with Crippen LogP contribution in [-0.2, 0) is 16.5 Å². The van der Waals surface area contributed by atoms with Gasteiger partial charge in [0.15, 0.2) is 0 Å². The van der Waals surface area contributed by atoms with Crippen LogP contribution in [0.1, 0.15) is 0 Å². The van der Waals surface area contributed by atoms with Gasteiger partial charge in [-0.15, -0.1) is 0 Å². The summed E-state index contributed by atoms with van der Waals surface area (Å²) in [5.41, 5.74) is 0. The summed E-state index contributed by atoms with van der Waals surface area (Å²) in [6, 6.07) is 22.5. The van der Waals surface area contributed by atoms with Gasteiger partial charge in [0.2, 0.25) is 0 Å². The second kappa shape index (κ2) is 8.16. The van der Waals surface area contributed by atoms with Gasteiger partial charge in [-0.25, -0.2) is 12.1 Å². The van der Waals surface area contributed by atoms with Gasteiger partial charge in [0, 0.05) is 0 Å². The Morgan fingerprint density at radius 3 is 1.50 bits per heavy atom. The fourth-order valence-corrected chi connectivity index (χ4v) is 0.663. The zero-order chi connectivity index (χ0) is 7.78. The van der Waals surface area contributed by atoms with Crippen LogP contribution in [0.25, 0.3) is 0 Å². The third kappa shape index (κ3) is 5.82. The van der Waals surface area contributed by atoms with Gasteiger partial charge in [-0.1, -0.05) is 0 Å². The first-order chi connectivity index (χ1) is 5.50. The first-order valence-corrected chi connectivity index (χ1v) is 3.58. The average molecular weight is 201 g/mol. The van der Waals surface area contributed by atoms with E-state index in [-0.39, 0.29) is 16.5 Å². The van der Waals surface area contributed by atoms with Crippen molar-refractivity contribution in [2.24, 2.45) is 0 Å². The molecule has 2 aromatic rings. The summed E-state index contributed by atoms with van der Waals surface area (Å²) >= 11 is 0. The predicted octanol–water partition coefficient (Wildman–Crippen LogP) is 2.89. The first-order valence-electron chi connectivity index (χ1n) is 3.58. The molecular weight excluding hydrogens is 191 g/mol. The van der Waals surface area contributed by atoms with Gasteiger partial charge >= 0.3 is 16.5 Å². The maximum absolute atomic E-state index is 2.89. The van der Waals surface area contributed by atoms with Gasteiger partial charge in [-0.2, -0.15) is 54.6 Å². The van der Waals surface area contributed by atoms with E-state index in [4.69, 9.17) is 0 Å². The Hall–Kier alpha value is -0.936. The first kappa shape index (κ1) is 11.1. The van der Waals surface area contributed by atoms with Crippen LogP contribution < -0.4 is 0 Å². The summed E-state index contributed by atoms with van der Waals surface area (Å²) in [5, 5.41) is 0. The molecule has 0 unspecified atom stereocenters. The third-order valence-corrected chi connectivity index (χ3v) is 1.16. The van der Waals surface area contributed by atoms with E-state index in [1.807, 2.05) is 60.7 Å². The Bertz CT molecular complexity index is 191. The van der Waals surface area contributed by atoms with Crippen LogP contribution in [0.3, 0.4) is 0 Å². The van der Waals surface area contributed by atoms with E-state index in [9.17, 15) is 0 Å². The molecule has 0 N–H and O–H groups in total. The molecule has 0 nitrogen and oxygen atoms in total. The molecule has 0 atom stereocenters. The molecule has 0 spiro atoms. The quantitative estimate of drug-likeness (QED) is 0.454. The zero-order valence-corrected chi connectivity index (χ0v) is 7.58. The van der Waals surface area contributed by atoms with Crippen molar-refractivity contribution < 1.29 is 16.5 Å². The van der Waals surface area contributed by atoms with Crippen LogP contribution in [0.5, 0.6) is 0 Å². The summed E-state index contributed by atoms with van der Waals surface area (Å²) < 4.78 is 0. The SMILES string of the molecule is [Ni+2].[c-]1ccccc1.c1cc[cH-]c1. The number of hydrogen-bond acceptors (Lipinski definition) is 0. The fourth-order valence-electron chi connectivity index (χ4n) is 0.663. The normalized spacial score (nSPS) is 7.33. The number of rotatable bonds is 0. The molecule has 0 fully saturated rings. The minimum absolute atomic E-state index is 0. The Morgan fingerprint density at radius 2 is 1.33 bits per heavy atom. The second-order valence-electron chi connectivity index (χ2n) is 2.04. The van der Waals surface area contributed by atoms with Crippen molar-refractivity contribution in [2.75, 3.05) is 0 Å². The van der Waals surface area contributed by atoms with E-state index in [1.54, 1.807) is 0 Å². The molecule has 0 heterocycles. The minimum atomic E-state index is 0. The van der Waals surface area contributed by atoms with Crippen LogP contribution in [0.2, 0.25) is 0 Å². The molecule has 0 aliphatic heterocycles. The van der Waals surface area contributed by atoms with Crippen molar-refractivity contribution in [3.63, 3.8) is 0 Å². The van der Waals surface area contributed by atoms with E-state index in [0.717, 1.165) is 0 Å². The maximum Gasteiger partial charge on any atom is 2.00 e. The van der Waals surface area contributed by atoms with Crippen LogP contribution in [0, 0.1) is 6.07 Å². The molecule has 64 valence electrons. The zero-order valence-electron chi connectivity index (χ0n) is 6.59. The van der Waals surface area contributed by atoms with Gasteiger partial charge < -0.3 is 0 Å². The fraction of sp³-hybridized carbons (Fsp3) is 0. The van der Waals surface area contributed by atoms with E-state index in [1.165, 1.54) is 0 Å². The summed E-state index contributed by atoms with van der Waals surface area (Å²) in [6.45, 7) is 0. The molecule has 2 rings (SSSR count). The topological polar surface area (TPSA) is 0 Å². The monoisotopic (exact) mass is 200 g/mol. The van der Waals surface area contributed by atoms with Crippen molar-refractivity contribution >= 4 is 0 Å². The Morgan fingerprint density at radius 1 is 0.750 bits per heavy atom. The molecule has 0 aromatic heterocycles. The van der Waals surface area contributed by atoms with Gasteiger partial charge in [0.25, 0.3) is 0 Å². The van der Waals surface area contributed by atoms with Crippen molar-refractivity contribution in [3.05, 3.63) is 66.7 Å². The molecule has 1 heteroatoms. The predicted molar refractivity (Wildman–Crippen MR) is 47.3 cm³/mol. The van der Waals surface area contributed by atoms with Crippen LogP contribution in [0.15, 0.2) is 60.7 Å². The van der Waals surface area contributed by atoms with Gasteiger partial charge in [0.1, 0.15) is 0 Å². The summed E-state index contributed by atoms with van der Waals surface area (Å²) in [4.78, 5) is 0. The summed E-state index contributed by atoms with van der Waals surface area (Å²) in [7, 11) is 0. The van der Waals surface area contributed by atoms with Gasteiger partial charge in [-0.3, -0.25) is 0 Å². The second-order valence-corrected chi connectivity index (χ2v) is 2.04. The molecule has 0 saturated carbocycles. The molecule has 0 aliphatic carbocycles. The Balaban J connectivity index is 0.000000189. The third-order valence-electron chi connectivity index (χ3n) is 1.16. The van der Waals surface area contributed by atoms with E-state index in [2.05, 4.69) is 6.07 Å². The van der Waals surface area contributed by atoms with E-state index >= 15 is 0 Å². The molecule has 0 radical (unpaired) electrons. The van der Waals surface area contributed by atoms with Crippen molar-refractivity contribution in [1.82, 2.24) is 0 Å². The molecule has 0 aliphatic rings. The summed E-state index contributed by atoms with van der Waals surface area (Å²) in [5.74, 6) is 0. The molecule has 0 saturated heterocycles. The summed E-state index contributed by atoms with van der Waals surface area (Å²) in [6.07, 6.45) is 0. The smallest absolute Gasteiger partial charge is 0.214 e. The van der Waals surface area contributed by atoms with E-state index in [0.29, 0.717) is 0 Å². The van der Waals surface area contributed by atoms with Gasteiger partial charge in [-0.05, 0) is 0 Å². The van der Waals surface area contributed by atoms with Crippen LogP contribution >= 0.6 is 0 Å². The molecule has 12 heavy (non-hydrogen) atoms. The molecular formula is C11H10Ni. The minimum Gasteiger partial charge on any atom is -0.214 e. The largest absolute Gasteiger partial charge is 2.00 e. The van der Waals surface area contributed by atoms with Crippen LogP contribution in [0.4, 0.5) is 0 Å². The number of hydrogen-bond donors (Lipinski definition) is 0. The van der Waals surface area contributed by atoms with Crippen molar-refractivity contribution in [3.8, 4) is 0 Å². The standard InChI is InChI=1S/C6H5.C5H5.Ni/c1-2-4-6-5-3-1;1-2-4-5-3-1;/h1-5H;1-5H;/q2*-1;+2. The molecule has 2 aromatic carbocycles. The maximum atomic E-state index is 2.89. The Kier molecular flexibility index (Phi) is 7.53.